The van der Waals surface area contributed by atoms with E-state index in [0.717, 1.165) is 28.1 Å². The van der Waals surface area contributed by atoms with E-state index in [2.05, 4.69) is 15.5 Å². The Morgan fingerprint density at radius 1 is 1.40 bits per heavy atom. The summed E-state index contributed by atoms with van der Waals surface area (Å²) in [5.41, 5.74) is 12.2. The maximum Gasteiger partial charge on any atom is 0.206 e. The third-order valence-corrected chi connectivity index (χ3v) is 4.46. The second kappa shape index (κ2) is 7.80. The van der Waals surface area contributed by atoms with E-state index in [-0.39, 0.29) is 30.1 Å². The number of aromatic nitrogens is 1. The number of aryl methyl sites for hydroxylation is 1. The summed E-state index contributed by atoms with van der Waals surface area (Å²) in [7, 11) is 0. The largest absolute Gasteiger partial charge is 0.369 e. The second-order valence-corrected chi connectivity index (χ2v) is 6.21. The number of benzene rings is 1. The fourth-order valence-corrected chi connectivity index (χ4v) is 3.35. The van der Waals surface area contributed by atoms with Crippen molar-refractivity contribution in [2.75, 3.05) is 0 Å². The van der Waals surface area contributed by atoms with Gasteiger partial charge in [-0.2, -0.15) is 5.10 Å². The van der Waals surface area contributed by atoms with Gasteiger partial charge in [-0.05, 0) is 61.1 Å². The molecular weight excluding hydrogens is 364 g/mol. The van der Waals surface area contributed by atoms with E-state index >= 15 is 0 Å². The van der Waals surface area contributed by atoms with Crippen LogP contribution in [0.4, 0.5) is 4.39 Å². The van der Waals surface area contributed by atoms with Gasteiger partial charge < -0.3 is 5.73 Å². The van der Waals surface area contributed by atoms with Gasteiger partial charge in [-0.15, -0.1) is 12.4 Å². The SMILES string of the molecule is Cc1ccnc2c1C(=NNC(=N)N)CC(c1cc(F)ccc1Cl)C2.Cl. The molecule has 1 aliphatic carbocycles. The van der Waals surface area contributed by atoms with Crippen molar-refractivity contribution < 1.29 is 4.39 Å². The molecule has 0 spiro atoms. The molecule has 4 N–H and O–H groups in total. The van der Waals surface area contributed by atoms with Gasteiger partial charge in [-0.3, -0.25) is 10.4 Å². The molecule has 0 saturated carbocycles. The van der Waals surface area contributed by atoms with E-state index in [1.165, 1.54) is 12.1 Å². The maximum absolute atomic E-state index is 13.7. The fraction of sp³-hybridized carbons (Fsp3) is 0.235. The van der Waals surface area contributed by atoms with Crippen molar-refractivity contribution in [1.82, 2.24) is 10.4 Å². The molecule has 2 aromatic rings. The highest BCUT2D eigenvalue weighted by Gasteiger charge is 2.28. The van der Waals surface area contributed by atoms with E-state index in [1.807, 2.05) is 13.0 Å². The number of hydrogen-bond acceptors (Lipinski definition) is 3. The summed E-state index contributed by atoms with van der Waals surface area (Å²) in [5.74, 6) is -0.600. The highest BCUT2D eigenvalue weighted by Crippen LogP contribution is 2.36. The number of pyridine rings is 1. The normalized spacial score (nSPS) is 17.6. The fourth-order valence-electron chi connectivity index (χ4n) is 3.08. The molecule has 1 aliphatic rings. The Morgan fingerprint density at radius 2 is 2.16 bits per heavy atom. The number of guanidine groups is 1. The minimum Gasteiger partial charge on any atom is -0.369 e. The molecule has 5 nitrogen and oxygen atoms in total. The average molecular weight is 382 g/mol. The van der Waals surface area contributed by atoms with E-state index in [4.69, 9.17) is 22.7 Å². The van der Waals surface area contributed by atoms with Crippen LogP contribution in [-0.4, -0.2) is 16.7 Å². The van der Waals surface area contributed by atoms with E-state index in [9.17, 15) is 4.39 Å². The zero-order valence-corrected chi connectivity index (χ0v) is 15.1. The number of nitrogens with zero attached hydrogens (tertiary/aromatic N) is 2. The van der Waals surface area contributed by atoms with Crippen LogP contribution in [0.15, 0.2) is 35.6 Å². The molecule has 0 saturated heterocycles. The molecule has 1 aromatic carbocycles. The lowest BCUT2D eigenvalue weighted by Gasteiger charge is -2.27. The first-order valence-electron chi connectivity index (χ1n) is 7.52. The molecule has 0 amide bonds. The number of nitrogens with two attached hydrogens (primary N) is 1. The van der Waals surface area contributed by atoms with E-state index < -0.39 is 0 Å². The molecular formula is C17H18Cl2FN5. The van der Waals surface area contributed by atoms with Crippen molar-refractivity contribution in [3.63, 3.8) is 0 Å². The highest BCUT2D eigenvalue weighted by atomic mass is 35.5. The number of nitrogens with one attached hydrogen (secondary N) is 2. The highest BCUT2D eigenvalue weighted by molar-refractivity contribution is 6.31. The maximum atomic E-state index is 13.7. The molecule has 1 heterocycles. The molecule has 1 unspecified atom stereocenters. The Kier molecular flexibility index (Phi) is 5.98. The molecule has 0 bridgehead atoms. The average Bonchev–Trinajstić information content (AvgIpc) is 2.54. The Morgan fingerprint density at radius 3 is 2.88 bits per heavy atom. The van der Waals surface area contributed by atoms with Crippen molar-refractivity contribution >= 4 is 35.7 Å². The summed E-state index contributed by atoms with van der Waals surface area (Å²) in [6.45, 7) is 1.99. The zero-order chi connectivity index (χ0) is 17.3. The zero-order valence-electron chi connectivity index (χ0n) is 13.5. The van der Waals surface area contributed by atoms with Gasteiger partial charge in [0.2, 0.25) is 5.96 Å². The standard InChI is InChI=1S/C17H17ClFN5.ClH/c1-9-4-5-22-14-6-10(12-8-11(19)2-3-13(12)18)7-15(16(9)14)23-24-17(20)21;/h2-5,8,10H,6-7H2,1H3,(H4,20,21,24);1H. The quantitative estimate of drug-likeness (QED) is 0.422. The third kappa shape index (κ3) is 4.08. The van der Waals surface area contributed by atoms with Crippen molar-refractivity contribution in [2.45, 2.75) is 25.7 Å². The Bertz CT molecular complexity index is 838. The molecule has 1 aromatic heterocycles. The summed E-state index contributed by atoms with van der Waals surface area (Å²) in [4.78, 5) is 4.45. The molecule has 0 aliphatic heterocycles. The first-order chi connectivity index (χ1) is 11.5. The first kappa shape index (κ1) is 19.1. The Hall–Kier alpha value is -2.18. The molecule has 0 radical (unpaired) electrons. The summed E-state index contributed by atoms with van der Waals surface area (Å²) >= 11 is 6.27. The van der Waals surface area contributed by atoms with Gasteiger partial charge in [0, 0.05) is 16.8 Å². The third-order valence-electron chi connectivity index (χ3n) is 4.12. The predicted molar refractivity (Wildman–Crippen MR) is 100 cm³/mol. The number of hydrazone groups is 1. The van der Waals surface area contributed by atoms with Crippen molar-refractivity contribution in [1.29, 1.82) is 5.41 Å². The Labute approximate surface area is 156 Å². The lowest BCUT2D eigenvalue weighted by molar-refractivity contribution is 0.614. The molecule has 132 valence electrons. The van der Waals surface area contributed by atoms with Crippen LogP contribution in [0.2, 0.25) is 5.02 Å². The van der Waals surface area contributed by atoms with Gasteiger partial charge in [-0.1, -0.05) is 11.6 Å². The lowest BCUT2D eigenvalue weighted by atomic mass is 9.80. The van der Waals surface area contributed by atoms with E-state index in [1.54, 1.807) is 12.3 Å². The minimum atomic E-state index is -0.322. The van der Waals surface area contributed by atoms with Gasteiger partial charge in [0.05, 0.1) is 11.4 Å². The molecule has 25 heavy (non-hydrogen) atoms. The van der Waals surface area contributed by atoms with Crippen molar-refractivity contribution in [3.05, 3.63) is 63.7 Å². The molecule has 3 rings (SSSR count). The second-order valence-electron chi connectivity index (χ2n) is 5.80. The van der Waals surface area contributed by atoms with Crippen molar-refractivity contribution in [3.8, 4) is 0 Å². The topological polar surface area (TPSA) is 87.2 Å². The Balaban J connectivity index is 0.00000225. The van der Waals surface area contributed by atoms with Crippen LogP contribution in [0.25, 0.3) is 0 Å². The van der Waals surface area contributed by atoms with Crippen LogP contribution in [0.1, 0.15) is 34.7 Å². The van der Waals surface area contributed by atoms with Gasteiger partial charge in [-0.25, -0.2) is 9.82 Å². The minimum absolute atomic E-state index is 0. The molecule has 1 atom stereocenters. The number of rotatable bonds is 2. The summed E-state index contributed by atoms with van der Waals surface area (Å²) in [6.07, 6.45) is 2.96. The number of halogens is 3. The summed E-state index contributed by atoms with van der Waals surface area (Å²) in [5, 5.41) is 12.1. The van der Waals surface area contributed by atoms with Gasteiger partial charge >= 0.3 is 0 Å². The first-order valence-corrected chi connectivity index (χ1v) is 7.90. The van der Waals surface area contributed by atoms with Crippen LogP contribution in [0, 0.1) is 18.2 Å². The lowest BCUT2D eigenvalue weighted by Crippen LogP contribution is -2.29. The smallest absolute Gasteiger partial charge is 0.206 e. The monoisotopic (exact) mass is 381 g/mol. The molecule has 0 fully saturated rings. The van der Waals surface area contributed by atoms with Crippen LogP contribution in [0.5, 0.6) is 0 Å². The summed E-state index contributed by atoms with van der Waals surface area (Å²) in [6, 6.07) is 6.29. The van der Waals surface area contributed by atoms with Gasteiger partial charge in [0.1, 0.15) is 5.82 Å². The van der Waals surface area contributed by atoms with Crippen LogP contribution in [0.3, 0.4) is 0 Å². The van der Waals surface area contributed by atoms with Gasteiger partial charge in [0.25, 0.3) is 0 Å². The van der Waals surface area contributed by atoms with Crippen molar-refractivity contribution in [2.24, 2.45) is 10.8 Å². The van der Waals surface area contributed by atoms with Gasteiger partial charge in [0.15, 0.2) is 0 Å². The number of hydrogen-bond donors (Lipinski definition) is 3. The van der Waals surface area contributed by atoms with Crippen LogP contribution < -0.4 is 11.2 Å². The number of fused-ring (bicyclic) bond motifs is 1. The van der Waals surface area contributed by atoms with Crippen LogP contribution >= 0.6 is 24.0 Å². The molecule has 8 heteroatoms. The summed E-state index contributed by atoms with van der Waals surface area (Å²) < 4.78 is 13.7. The van der Waals surface area contributed by atoms with E-state index in [0.29, 0.717) is 17.9 Å². The predicted octanol–water partition coefficient (Wildman–Crippen LogP) is 3.52. The van der Waals surface area contributed by atoms with Crippen LogP contribution in [-0.2, 0) is 6.42 Å².